The summed E-state index contributed by atoms with van der Waals surface area (Å²) < 4.78 is 0. The first-order chi connectivity index (χ1) is 7.54. The molecular weight excluding hydrogens is 198 g/mol. The topological polar surface area (TPSA) is 53.1 Å². The van der Waals surface area contributed by atoms with Gasteiger partial charge in [0.1, 0.15) is 5.84 Å². The summed E-state index contributed by atoms with van der Waals surface area (Å²) >= 11 is 0. The number of hydrogen-bond acceptors (Lipinski definition) is 2. The second-order valence-corrected chi connectivity index (χ2v) is 4.35. The second kappa shape index (κ2) is 5.54. The van der Waals surface area contributed by atoms with Crippen LogP contribution in [-0.2, 0) is 0 Å². The summed E-state index contributed by atoms with van der Waals surface area (Å²) in [4.78, 5) is 2.23. The van der Waals surface area contributed by atoms with Gasteiger partial charge in [-0.05, 0) is 30.2 Å². The van der Waals surface area contributed by atoms with Crippen LogP contribution < -0.4 is 10.6 Å². The molecule has 1 atom stereocenters. The van der Waals surface area contributed by atoms with Gasteiger partial charge in [0.2, 0.25) is 0 Å². The van der Waals surface area contributed by atoms with E-state index < -0.39 is 0 Å². The van der Waals surface area contributed by atoms with Crippen LogP contribution in [-0.4, -0.2) is 19.4 Å². The van der Waals surface area contributed by atoms with Crippen molar-refractivity contribution in [3.8, 4) is 0 Å². The Kier molecular flexibility index (Phi) is 4.35. The Bertz CT molecular complexity index is 343. The fourth-order valence-corrected chi connectivity index (χ4v) is 1.60. The van der Waals surface area contributed by atoms with Crippen LogP contribution in [0.5, 0.6) is 0 Å². The molecule has 88 valence electrons. The minimum Gasteiger partial charge on any atom is -0.384 e. The summed E-state index contributed by atoms with van der Waals surface area (Å²) in [5.41, 5.74) is 7.36. The van der Waals surface area contributed by atoms with Gasteiger partial charge in [-0.1, -0.05) is 20.3 Å². The molecule has 3 nitrogen and oxygen atoms in total. The van der Waals surface area contributed by atoms with E-state index in [1.807, 2.05) is 24.3 Å². The predicted octanol–water partition coefficient (Wildman–Crippen LogP) is 2.45. The molecule has 0 saturated heterocycles. The smallest absolute Gasteiger partial charge is 0.122 e. The van der Waals surface area contributed by atoms with Gasteiger partial charge in [0.15, 0.2) is 0 Å². The van der Waals surface area contributed by atoms with Crippen molar-refractivity contribution in [1.29, 1.82) is 5.41 Å². The minimum absolute atomic E-state index is 0.121. The number of nitrogens with zero attached hydrogens (tertiary/aromatic N) is 1. The molecule has 3 heteroatoms. The van der Waals surface area contributed by atoms with Crippen LogP contribution >= 0.6 is 0 Å². The molecule has 3 N–H and O–H groups in total. The lowest BCUT2D eigenvalue weighted by atomic mass is 10.1. The van der Waals surface area contributed by atoms with E-state index in [0.29, 0.717) is 5.92 Å². The lowest BCUT2D eigenvalue weighted by Gasteiger charge is -2.22. The second-order valence-electron chi connectivity index (χ2n) is 4.35. The van der Waals surface area contributed by atoms with Gasteiger partial charge in [0.05, 0.1) is 0 Å². The van der Waals surface area contributed by atoms with Gasteiger partial charge in [0, 0.05) is 24.8 Å². The Hall–Kier alpha value is -1.51. The summed E-state index contributed by atoms with van der Waals surface area (Å²) in [5.74, 6) is 0.814. The van der Waals surface area contributed by atoms with E-state index in [1.54, 1.807) is 0 Å². The molecule has 0 aliphatic rings. The predicted molar refractivity (Wildman–Crippen MR) is 70.2 cm³/mol. The number of benzene rings is 1. The molecule has 0 aromatic heterocycles. The van der Waals surface area contributed by atoms with Crippen molar-refractivity contribution in [3.63, 3.8) is 0 Å². The van der Waals surface area contributed by atoms with Gasteiger partial charge in [-0.15, -0.1) is 0 Å². The molecule has 1 rings (SSSR count). The van der Waals surface area contributed by atoms with Crippen LogP contribution in [0.4, 0.5) is 5.69 Å². The Morgan fingerprint density at radius 2 is 1.94 bits per heavy atom. The van der Waals surface area contributed by atoms with Crippen molar-refractivity contribution < 1.29 is 0 Å². The third-order valence-electron chi connectivity index (χ3n) is 2.90. The van der Waals surface area contributed by atoms with Gasteiger partial charge in [-0.25, -0.2) is 0 Å². The van der Waals surface area contributed by atoms with Crippen LogP contribution in [0.3, 0.4) is 0 Å². The van der Waals surface area contributed by atoms with Crippen molar-refractivity contribution in [2.75, 3.05) is 18.5 Å². The highest BCUT2D eigenvalue weighted by atomic mass is 15.1. The number of rotatable bonds is 5. The van der Waals surface area contributed by atoms with Crippen LogP contribution in [0.15, 0.2) is 24.3 Å². The van der Waals surface area contributed by atoms with Crippen molar-refractivity contribution in [2.45, 2.75) is 20.3 Å². The van der Waals surface area contributed by atoms with E-state index >= 15 is 0 Å². The summed E-state index contributed by atoms with van der Waals surface area (Å²) in [5, 5.41) is 7.32. The molecule has 0 fully saturated rings. The molecule has 1 aromatic rings. The van der Waals surface area contributed by atoms with Crippen LogP contribution in [0.2, 0.25) is 0 Å². The zero-order valence-corrected chi connectivity index (χ0v) is 10.3. The zero-order chi connectivity index (χ0) is 12.1. The SMILES string of the molecule is CCC(C)CN(C)c1ccc(C(=N)N)cc1. The van der Waals surface area contributed by atoms with Crippen molar-refractivity contribution in [2.24, 2.45) is 11.7 Å². The number of nitrogens with one attached hydrogen (secondary N) is 1. The molecule has 0 amide bonds. The summed E-state index contributed by atoms with van der Waals surface area (Å²) in [6.45, 7) is 5.51. The lowest BCUT2D eigenvalue weighted by Crippen LogP contribution is -2.23. The maximum atomic E-state index is 7.32. The largest absolute Gasteiger partial charge is 0.384 e. The molecule has 0 bridgehead atoms. The molecule has 16 heavy (non-hydrogen) atoms. The molecule has 1 unspecified atom stereocenters. The number of anilines is 1. The summed E-state index contributed by atoms with van der Waals surface area (Å²) in [7, 11) is 2.09. The number of hydrogen-bond donors (Lipinski definition) is 2. The van der Waals surface area contributed by atoms with Gasteiger partial charge in [-0.3, -0.25) is 5.41 Å². The molecule has 0 radical (unpaired) electrons. The molecule has 0 spiro atoms. The summed E-state index contributed by atoms with van der Waals surface area (Å²) in [6.07, 6.45) is 1.19. The van der Waals surface area contributed by atoms with Gasteiger partial charge >= 0.3 is 0 Å². The lowest BCUT2D eigenvalue weighted by molar-refractivity contribution is 0.560. The van der Waals surface area contributed by atoms with Crippen LogP contribution in [0, 0.1) is 11.3 Å². The fourth-order valence-electron chi connectivity index (χ4n) is 1.60. The van der Waals surface area contributed by atoms with E-state index in [0.717, 1.165) is 12.1 Å². The first-order valence-corrected chi connectivity index (χ1v) is 5.70. The minimum atomic E-state index is 0.121. The number of nitrogen functional groups attached to an aromatic ring is 1. The Balaban J connectivity index is 2.70. The normalized spacial score (nSPS) is 12.2. The van der Waals surface area contributed by atoms with Crippen molar-refractivity contribution in [3.05, 3.63) is 29.8 Å². The average Bonchev–Trinajstić information content (AvgIpc) is 2.28. The Morgan fingerprint density at radius 3 is 2.38 bits per heavy atom. The maximum Gasteiger partial charge on any atom is 0.122 e. The average molecular weight is 219 g/mol. The fraction of sp³-hybridized carbons (Fsp3) is 0.462. The molecular formula is C13H21N3. The highest BCUT2D eigenvalue weighted by molar-refractivity contribution is 5.95. The van der Waals surface area contributed by atoms with E-state index in [4.69, 9.17) is 11.1 Å². The third kappa shape index (κ3) is 3.26. The van der Waals surface area contributed by atoms with Gasteiger partial charge < -0.3 is 10.6 Å². The number of amidine groups is 1. The Morgan fingerprint density at radius 1 is 1.38 bits per heavy atom. The van der Waals surface area contributed by atoms with Gasteiger partial charge in [-0.2, -0.15) is 0 Å². The van der Waals surface area contributed by atoms with Crippen LogP contribution in [0.1, 0.15) is 25.8 Å². The quantitative estimate of drug-likeness (QED) is 0.590. The van der Waals surface area contributed by atoms with E-state index in [2.05, 4.69) is 25.8 Å². The molecule has 0 saturated carbocycles. The van der Waals surface area contributed by atoms with E-state index in [1.165, 1.54) is 12.1 Å². The van der Waals surface area contributed by atoms with Gasteiger partial charge in [0.25, 0.3) is 0 Å². The molecule has 0 heterocycles. The first kappa shape index (κ1) is 12.6. The highest BCUT2D eigenvalue weighted by Crippen LogP contribution is 2.15. The Labute approximate surface area is 97.8 Å². The standard InChI is InChI=1S/C13H21N3/c1-4-10(2)9-16(3)12-7-5-11(6-8-12)13(14)15/h5-8,10H,4,9H2,1-3H3,(H3,14,15). The molecule has 0 aliphatic heterocycles. The number of nitrogens with two attached hydrogens (primary N) is 1. The van der Waals surface area contributed by atoms with Crippen molar-refractivity contribution >= 4 is 11.5 Å². The highest BCUT2D eigenvalue weighted by Gasteiger charge is 2.05. The molecule has 0 aliphatic carbocycles. The van der Waals surface area contributed by atoms with Crippen LogP contribution in [0.25, 0.3) is 0 Å². The third-order valence-corrected chi connectivity index (χ3v) is 2.90. The van der Waals surface area contributed by atoms with Crippen molar-refractivity contribution in [1.82, 2.24) is 0 Å². The first-order valence-electron chi connectivity index (χ1n) is 5.70. The maximum absolute atomic E-state index is 7.32. The summed E-state index contributed by atoms with van der Waals surface area (Å²) in [6, 6.07) is 7.81. The van der Waals surface area contributed by atoms with E-state index in [9.17, 15) is 0 Å². The van der Waals surface area contributed by atoms with E-state index in [-0.39, 0.29) is 5.84 Å². The zero-order valence-electron chi connectivity index (χ0n) is 10.3. The molecule has 1 aromatic carbocycles. The monoisotopic (exact) mass is 219 g/mol.